The Kier molecular flexibility index (Phi) is 13.5. The second-order valence-electron chi connectivity index (χ2n) is 6.17. The number of likely N-dealkylation sites (N-methyl/N-ethyl adjacent to an activating group) is 1. The van der Waals surface area contributed by atoms with E-state index in [9.17, 15) is 9.00 Å². The number of ether oxygens (including phenoxy) is 1. The minimum Gasteiger partial charge on any atom is -0.383 e. The van der Waals surface area contributed by atoms with Gasteiger partial charge in [0.05, 0.1) is 6.61 Å². The Bertz CT molecular complexity index is 449. The van der Waals surface area contributed by atoms with Crippen LogP contribution >= 0.6 is 24.0 Å². The quantitative estimate of drug-likeness (QED) is 0.230. The second-order valence-corrected chi connectivity index (χ2v) is 8.18. The maximum atomic E-state index is 12.1. The first-order valence-electron chi connectivity index (χ1n) is 8.59. The zero-order valence-electron chi connectivity index (χ0n) is 15.7. The highest BCUT2D eigenvalue weighted by Crippen LogP contribution is 2.22. The number of amides is 1. The SMILES string of the molecule is CCS(=O)C1CCCC(NC(=NCC(=O)N(C)C)NCCOC)C1.I. The second kappa shape index (κ2) is 13.7. The molecule has 1 saturated carbocycles. The summed E-state index contributed by atoms with van der Waals surface area (Å²) in [4.78, 5) is 17.6. The summed E-state index contributed by atoms with van der Waals surface area (Å²) in [5, 5.41) is 6.84. The number of halogens is 1. The van der Waals surface area contributed by atoms with Gasteiger partial charge in [-0.15, -0.1) is 24.0 Å². The number of rotatable bonds is 8. The smallest absolute Gasteiger partial charge is 0.243 e. The summed E-state index contributed by atoms with van der Waals surface area (Å²) in [6.07, 6.45) is 4.01. The molecule has 0 spiro atoms. The number of hydrogen-bond donors (Lipinski definition) is 2. The molecule has 1 amide bonds. The van der Waals surface area contributed by atoms with E-state index in [0.717, 1.165) is 25.7 Å². The van der Waals surface area contributed by atoms with E-state index in [4.69, 9.17) is 4.74 Å². The molecule has 9 heteroatoms. The number of carbonyl (C=O) groups excluding carboxylic acids is 1. The normalized spacial score (nSPS) is 21.8. The van der Waals surface area contributed by atoms with Gasteiger partial charge in [-0.2, -0.15) is 0 Å². The van der Waals surface area contributed by atoms with Crippen molar-refractivity contribution in [3.63, 3.8) is 0 Å². The molecular formula is C16H33IN4O3S. The average Bonchev–Trinajstić information content (AvgIpc) is 2.58. The van der Waals surface area contributed by atoms with Crippen LogP contribution in [0.3, 0.4) is 0 Å². The molecule has 148 valence electrons. The Morgan fingerprint density at radius 1 is 1.36 bits per heavy atom. The Morgan fingerprint density at radius 2 is 2.08 bits per heavy atom. The largest absolute Gasteiger partial charge is 0.383 e. The molecule has 7 nitrogen and oxygen atoms in total. The first-order valence-corrected chi connectivity index (χ1v) is 9.97. The highest BCUT2D eigenvalue weighted by molar-refractivity contribution is 14.0. The van der Waals surface area contributed by atoms with Gasteiger partial charge in [-0.1, -0.05) is 13.3 Å². The molecule has 0 saturated heterocycles. The van der Waals surface area contributed by atoms with Crippen LogP contribution in [0.4, 0.5) is 0 Å². The molecule has 0 aromatic carbocycles. The summed E-state index contributed by atoms with van der Waals surface area (Å²) in [6.45, 7) is 3.26. The third kappa shape index (κ3) is 9.74. The topological polar surface area (TPSA) is 83.0 Å². The minimum absolute atomic E-state index is 0. The molecule has 0 aromatic heterocycles. The molecule has 25 heavy (non-hydrogen) atoms. The van der Waals surface area contributed by atoms with Crippen molar-refractivity contribution in [2.45, 2.75) is 43.9 Å². The van der Waals surface area contributed by atoms with Gasteiger partial charge in [0.25, 0.3) is 0 Å². The highest BCUT2D eigenvalue weighted by atomic mass is 127. The molecule has 2 N–H and O–H groups in total. The number of hydrogen-bond acceptors (Lipinski definition) is 4. The van der Waals surface area contributed by atoms with Crippen LogP contribution in [0, 0.1) is 0 Å². The van der Waals surface area contributed by atoms with Crippen LogP contribution in [0.25, 0.3) is 0 Å². The van der Waals surface area contributed by atoms with Gasteiger partial charge in [-0.05, 0) is 19.3 Å². The average molecular weight is 488 g/mol. The predicted molar refractivity (Wildman–Crippen MR) is 114 cm³/mol. The van der Waals surface area contributed by atoms with Gasteiger partial charge in [0.2, 0.25) is 5.91 Å². The van der Waals surface area contributed by atoms with Gasteiger partial charge >= 0.3 is 0 Å². The van der Waals surface area contributed by atoms with Crippen molar-refractivity contribution in [2.24, 2.45) is 4.99 Å². The van der Waals surface area contributed by atoms with Gasteiger partial charge in [0, 0.05) is 55.6 Å². The van der Waals surface area contributed by atoms with E-state index in [1.807, 2.05) is 6.92 Å². The summed E-state index contributed by atoms with van der Waals surface area (Å²) >= 11 is 0. The van der Waals surface area contributed by atoms with Crippen LogP contribution in [0.5, 0.6) is 0 Å². The Hall–Kier alpha value is -0.420. The first kappa shape index (κ1) is 24.6. The molecule has 0 radical (unpaired) electrons. The van der Waals surface area contributed by atoms with Crippen LogP contribution in [0.2, 0.25) is 0 Å². The van der Waals surface area contributed by atoms with Gasteiger partial charge < -0.3 is 20.3 Å². The standard InChI is InChI=1S/C16H32N4O3S.HI/c1-5-24(22)14-8-6-7-13(11-14)19-16(17-9-10-23-4)18-12-15(21)20(2)3;/h13-14H,5-12H2,1-4H3,(H2,17,18,19);1H. The lowest BCUT2D eigenvalue weighted by molar-refractivity contribution is -0.127. The Balaban J connectivity index is 0.00000576. The van der Waals surface area contributed by atoms with Crippen LogP contribution in [0.1, 0.15) is 32.6 Å². The summed E-state index contributed by atoms with van der Waals surface area (Å²) in [5.74, 6) is 1.29. The van der Waals surface area contributed by atoms with Crippen molar-refractivity contribution in [3.8, 4) is 0 Å². The van der Waals surface area contributed by atoms with Gasteiger partial charge in [0.1, 0.15) is 6.54 Å². The molecule has 1 fully saturated rings. The lowest BCUT2D eigenvalue weighted by Gasteiger charge is -2.30. The molecule has 3 unspecified atom stereocenters. The van der Waals surface area contributed by atoms with E-state index in [1.54, 1.807) is 21.2 Å². The van der Waals surface area contributed by atoms with Crippen molar-refractivity contribution in [1.29, 1.82) is 0 Å². The van der Waals surface area contributed by atoms with Crippen LogP contribution < -0.4 is 10.6 Å². The van der Waals surface area contributed by atoms with Crippen molar-refractivity contribution >= 4 is 46.6 Å². The molecule has 1 aliphatic rings. The van der Waals surface area contributed by atoms with Crippen molar-refractivity contribution in [3.05, 3.63) is 0 Å². The molecule has 1 aliphatic carbocycles. The Morgan fingerprint density at radius 3 is 2.68 bits per heavy atom. The van der Waals surface area contributed by atoms with E-state index in [1.165, 1.54) is 4.90 Å². The number of nitrogens with one attached hydrogen (secondary N) is 2. The van der Waals surface area contributed by atoms with Crippen LogP contribution in [-0.4, -0.2) is 78.9 Å². The number of guanidine groups is 1. The number of methoxy groups -OCH3 is 1. The third-order valence-corrected chi connectivity index (χ3v) is 5.83. The zero-order chi connectivity index (χ0) is 17.9. The van der Waals surface area contributed by atoms with Crippen molar-refractivity contribution in [1.82, 2.24) is 15.5 Å². The number of nitrogens with zero attached hydrogens (tertiary/aromatic N) is 2. The lowest BCUT2D eigenvalue weighted by Crippen LogP contribution is -2.47. The van der Waals surface area contributed by atoms with E-state index in [2.05, 4.69) is 15.6 Å². The zero-order valence-corrected chi connectivity index (χ0v) is 18.9. The van der Waals surface area contributed by atoms with Crippen molar-refractivity contribution in [2.75, 3.05) is 46.7 Å². The number of carbonyl (C=O) groups is 1. The third-order valence-electron chi connectivity index (χ3n) is 4.09. The van der Waals surface area contributed by atoms with E-state index < -0.39 is 10.8 Å². The van der Waals surface area contributed by atoms with E-state index in [0.29, 0.717) is 24.9 Å². The fourth-order valence-corrected chi connectivity index (χ4v) is 4.00. The molecule has 0 aromatic rings. The number of aliphatic imine (C=N–C) groups is 1. The summed E-state index contributed by atoms with van der Waals surface area (Å²) in [5.41, 5.74) is 0. The maximum Gasteiger partial charge on any atom is 0.243 e. The molecule has 3 atom stereocenters. The summed E-state index contributed by atoms with van der Waals surface area (Å²) < 4.78 is 17.1. The molecule has 0 aliphatic heterocycles. The fraction of sp³-hybridized carbons (Fsp3) is 0.875. The van der Waals surface area contributed by atoms with E-state index >= 15 is 0 Å². The molecule has 1 rings (SSSR count). The van der Waals surface area contributed by atoms with E-state index in [-0.39, 0.29) is 47.7 Å². The minimum atomic E-state index is -0.754. The predicted octanol–water partition coefficient (Wildman–Crippen LogP) is 0.954. The summed E-state index contributed by atoms with van der Waals surface area (Å²) in [7, 11) is 4.33. The van der Waals surface area contributed by atoms with Gasteiger partial charge in [0.15, 0.2) is 5.96 Å². The first-order chi connectivity index (χ1) is 11.5. The van der Waals surface area contributed by atoms with Crippen LogP contribution in [0.15, 0.2) is 4.99 Å². The monoisotopic (exact) mass is 488 g/mol. The fourth-order valence-electron chi connectivity index (χ4n) is 2.66. The van der Waals surface area contributed by atoms with Gasteiger partial charge in [-0.3, -0.25) is 9.00 Å². The lowest BCUT2D eigenvalue weighted by atomic mass is 9.95. The maximum absolute atomic E-state index is 12.1. The van der Waals surface area contributed by atoms with Crippen molar-refractivity contribution < 1.29 is 13.7 Å². The van der Waals surface area contributed by atoms with Gasteiger partial charge in [-0.25, -0.2) is 4.99 Å². The van der Waals surface area contributed by atoms with Crippen LogP contribution in [-0.2, 0) is 20.3 Å². The summed E-state index contributed by atoms with van der Waals surface area (Å²) in [6, 6.07) is 0.238. The molecule has 0 bridgehead atoms. The molecular weight excluding hydrogens is 455 g/mol. The molecule has 0 heterocycles. The highest BCUT2D eigenvalue weighted by Gasteiger charge is 2.26. The Labute approximate surface area is 171 Å².